The number of hydrogen-bond donors (Lipinski definition) is 2. The highest BCUT2D eigenvalue weighted by molar-refractivity contribution is 5.97. The van der Waals surface area contributed by atoms with Crippen LogP contribution in [0.2, 0.25) is 0 Å². The zero-order valence-electron chi connectivity index (χ0n) is 18.3. The minimum absolute atomic E-state index is 0.238. The first-order valence-corrected chi connectivity index (χ1v) is 10.6. The zero-order chi connectivity index (χ0) is 22.7. The van der Waals surface area contributed by atoms with Gasteiger partial charge in [-0.05, 0) is 32.3 Å². The number of aromatic nitrogens is 3. The van der Waals surface area contributed by atoms with Gasteiger partial charge in [0.2, 0.25) is 6.10 Å². The summed E-state index contributed by atoms with van der Waals surface area (Å²) in [6.07, 6.45) is 4.32. The first-order chi connectivity index (χ1) is 15.5. The molecular weight excluding hydrogens is 418 g/mol. The number of nitrogens with zero attached hydrogens (tertiary/aromatic N) is 3. The molecule has 32 heavy (non-hydrogen) atoms. The second-order valence-electron chi connectivity index (χ2n) is 7.62. The summed E-state index contributed by atoms with van der Waals surface area (Å²) in [6.45, 7) is 5.41. The van der Waals surface area contributed by atoms with Gasteiger partial charge >= 0.3 is 11.9 Å². The van der Waals surface area contributed by atoms with Gasteiger partial charge in [-0.1, -0.05) is 0 Å². The fourth-order valence-corrected chi connectivity index (χ4v) is 3.82. The largest absolute Gasteiger partial charge is 0.466 e. The molecule has 2 aliphatic rings. The van der Waals surface area contributed by atoms with E-state index in [1.807, 2.05) is 11.6 Å². The van der Waals surface area contributed by atoms with E-state index in [0.717, 1.165) is 35.1 Å². The van der Waals surface area contributed by atoms with E-state index in [2.05, 4.69) is 25.6 Å². The van der Waals surface area contributed by atoms with E-state index in [1.54, 1.807) is 19.3 Å². The van der Waals surface area contributed by atoms with Gasteiger partial charge in [0.05, 0.1) is 30.1 Å². The molecule has 0 amide bonds. The molecular formula is C21H27N5O6. The Morgan fingerprint density at radius 1 is 1.31 bits per heavy atom. The van der Waals surface area contributed by atoms with Gasteiger partial charge in [-0.2, -0.15) is 5.10 Å². The van der Waals surface area contributed by atoms with Crippen LogP contribution >= 0.6 is 0 Å². The molecule has 0 radical (unpaired) electrons. The standard InChI is InChI=1S/C21H27N5O6/c1-4-26-20-15(10-23-26)18(24-13-5-7-30-8-6-13)14(9-22-20)17-12(2)19(32-25-17)21(28)31-11-16(27)29-3/h9-10,13,19,25H,4-8,11H2,1-3H3,(H,22,24). The van der Waals surface area contributed by atoms with Gasteiger partial charge in [0.1, 0.15) is 0 Å². The third-order valence-electron chi connectivity index (χ3n) is 5.65. The number of pyridine rings is 1. The number of ether oxygens (including phenoxy) is 3. The van der Waals surface area contributed by atoms with Gasteiger partial charge in [-0.25, -0.2) is 19.3 Å². The predicted octanol–water partition coefficient (Wildman–Crippen LogP) is 1.39. The lowest BCUT2D eigenvalue weighted by Crippen LogP contribution is -2.28. The van der Waals surface area contributed by atoms with E-state index in [-0.39, 0.29) is 6.04 Å². The molecule has 11 nitrogen and oxygen atoms in total. The van der Waals surface area contributed by atoms with E-state index in [4.69, 9.17) is 14.3 Å². The highest BCUT2D eigenvalue weighted by Gasteiger charge is 2.34. The molecule has 1 saturated heterocycles. The van der Waals surface area contributed by atoms with Crippen molar-refractivity contribution in [1.29, 1.82) is 0 Å². The number of hydrogen-bond acceptors (Lipinski definition) is 10. The lowest BCUT2D eigenvalue weighted by molar-refractivity contribution is -0.164. The number of carbonyl (C=O) groups excluding carboxylic acids is 2. The van der Waals surface area contributed by atoms with Crippen molar-refractivity contribution < 1.29 is 28.6 Å². The minimum Gasteiger partial charge on any atom is -0.466 e. The van der Waals surface area contributed by atoms with E-state index in [0.29, 0.717) is 31.0 Å². The lowest BCUT2D eigenvalue weighted by atomic mass is 10.0. The summed E-state index contributed by atoms with van der Waals surface area (Å²) >= 11 is 0. The molecule has 0 aromatic carbocycles. The molecule has 1 fully saturated rings. The van der Waals surface area contributed by atoms with E-state index < -0.39 is 24.6 Å². The monoisotopic (exact) mass is 445 g/mol. The Bertz CT molecular complexity index is 1040. The van der Waals surface area contributed by atoms with Crippen molar-refractivity contribution in [3.8, 4) is 0 Å². The van der Waals surface area contributed by atoms with Crippen molar-refractivity contribution >= 4 is 34.4 Å². The second-order valence-corrected chi connectivity index (χ2v) is 7.62. The Labute approximate surface area is 185 Å². The van der Waals surface area contributed by atoms with Crippen molar-refractivity contribution in [1.82, 2.24) is 20.2 Å². The molecule has 1 unspecified atom stereocenters. The van der Waals surface area contributed by atoms with Crippen LogP contribution in [0.3, 0.4) is 0 Å². The maximum Gasteiger partial charge on any atom is 0.344 e. The Morgan fingerprint density at radius 3 is 2.81 bits per heavy atom. The third kappa shape index (κ3) is 4.26. The molecule has 2 aliphatic heterocycles. The summed E-state index contributed by atoms with van der Waals surface area (Å²) < 4.78 is 16.8. The smallest absolute Gasteiger partial charge is 0.344 e. The number of fused-ring (bicyclic) bond motifs is 1. The third-order valence-corrected chi connectivity index (χ3v) is 5.65. The van der Waals surface area contributed by atoms with Crippen molar-refractivity contribution in [2.45, 2.75) is 45.4 Å². The van der Waals surface area contributed by atoms with Gasteiger partial charge in [0, 0.05) is 37.6 Å². The molecule has 172 valence electrons. The number of esters is 2. The predicted molar refractivity (Wildman–Crippen MR) is 114 cm³/mol. The molecule has 2 N–H and O–H groups in total. The fourth-order valence-electron chi connectivity index (χ4n) is 3.82. The maximum absolute atomic E-state index is 12.4. The topological polar surface area (TPSA) is 126 Å². The average molecular weight is 445 g/mol. The molecule has 2 aromatic rings. The van der Waals surface area contributed by atoms with Crippen LogP contribution in [0.25, 0.3) is 16.7 Å². The molecule has 4 rings (SSSR count). The van der Waals surface area contributed by atoms with Crippen molar-refractivity contribution in [3.05, 3.63) is 23.5 Å². The number of carbonyl (C=O) groups is 2. The van der Waals surface area contributed by atoms with Crippen LogP contribution < -0.4 is 10.8 Å². The van der Waals surface area contributed by atoms with Gasteiger partial charge in [0.15, 0.2) is 12.3 Å². The molecule has 1 atom stereocenters. The summed E-state index contributed by atoms with van der Waals surface area (Å²) in [4.78, 5) is 33.8. The molecule has 4 heterocycles. The number of hydroxylamine groups is 1. The Balaban J connectivity index is 1.68. The molecule has 2 aromatic heterocycles. The highest BCUT2D eigenvalue weighted by atomic mass is 16.7. The molecule has 11 heteroatoms. The molecule has 0 spiro atoms. The summed E-state index contributed by atoms with van der Waals surface area (Å²) in [6, 6.07) is 0.238. The SMILES string of the molecule is CCn1ncc2c(NC3CCOCC3)c(C3=C(C)C(C(=O)OCC(=O)OC)ON3)cnc21. The van der Waals surface area contributed by atoms with Gasteiger partial charge in [-0.3, -0.25) is 10.3 Å². The Kier molecular flexibility index (Phi) is 6.56. The summed E-state index contributed by atoms with van der Waals surface area (Å²) in [5.41, 5.74) is 6.51. The van der Waals surface area contributed by atoms with Crippen LogP contribution in [0.4, 0.5) is 5.69 Å². The number of anilines is 1. The average Bonchev–Trinajstić information content (AvgIpc) is 3.41. The van der Waals surface area contributed by atoms with Gasteiger partial charge in [0.25, 0.3) is 0 Å². The molecule has 0 saturated carbocycles. The van der Waals surface area contributed by atoms with Crippen LogP contribution in [-0.2, 0) is 35.2 Å². The van der Waals surface area contributed by atoms with Crippen LogP contribution in [0.15, 0.2) is 18.0 Å². The summed E-state index contributed by atoms with van der Waals surface area (Å²) in [5, 5.41) is 8.97. The van der Waals surface area contributed by atoms with Crippen LogP contribution in [0.1, 0.15) is 32.3 Å². The summed E-state index contributed by atoms with van der Waals surface area (Å²) in [7, 11) is 1.23. The highest BCUT2D eigenvalue weighted by Crippen LogP contribution is 2.35. The van der Waals surface area contributed by atoms with E-state index >= 15 is 0 Å². The second kappa shape index (κ2) is 9.53. The Hall–Kier alpha value is -3.18. The van der Waals surface area contributed by atoms with Crippen molar-refractivity contribution in [3.63, 3.8) is 0 Å². The fraction of sp³-hybridized carbons (Fsp3) is 0.524. The lowest BCUT2D eigenvalue weighted by Gasteiger charge is -2.26. The number of aryl methyl sites for hydroxylation is 1. The summed E-state index contributed by atoms with van der Waals surface area (Å²) in [5.74, 6) is -1.32. The van der Waals surface area contributed by atoms with Gasteiger partial charge in [-0.15, -0.1) is 0 Å². The van der Waals surface area contributed by atoms with Crippen LogP contribution in [-0.4, -0.2) is 65.8 Å². The number of methoxy groups -OCH3 is 1. The Morgan fingerprint density at radius 2 is 2.09 bits per heavy atom. The van der Waals surface area contributed by atoms with Crippen molar-refractivity contribution in [2.24, 2.45) is 0 Å². The number of rotatable bonds is 7. The van der Waals surface area contributed by atoms with E-state index in [1.165, 1.54) is 7.11 Å². The zero-order valence-corrected chi connectivity index (χ0v) is 18.3. The van der Waals surface area contributed by atoms with E-state index in [9.17, 15) is 9.59 Å². The number of nitrogens with one attached hydrogen (secondary N) is 2. The van der Waals surface area contributed by atoms with Crippen LogP contribution in [0, 0.1) is 0 Å². The minimum atomic E-state index is -0.986. The first-order valence-electron chi connectivity index (χ1n) is 10.6. The van der Waals surface area contributed by atoms with Gasteiger partial charge < -0.3 is 19.5 Å². The van der Waals surface area contributed by atoms with Crippen LogP contribution in [0.5, 0.6) is 0 Å². The quantitative estimate of drug-likeness (QED) is 0.604. The molecule has 0 aliphatic carbocycles. The van der Waals surface area contributed by atoms with Crippen molar-refractivity contribution in [2.75, 3.05) is 32.2 Å². The molecule has 0 bridgehead atoms. The first kappa shape index (κ1) is 22.0. The normalized spacial score (nSPS) is 19.2. The maximum atomic E-state index is 12.4.